The molecule has 48 valence electrons. The van der Waals surface area contributed by atoms with Gasteiger partial charge in [0.05, 0.1) is 6.26 Å². The maximum absolute atomic E-state index is 9.86. The number of thiol groups is 1. The second kappa shape index (κ2) is 5.25. The van der Waals surface area contributed by atoms with Crippen molar-refractivity contribution in [2.45, 2.75) is 0 Å². The highest BCUT2D eigenvalue weighted by Gasteiger charge is 1.94. The van der Waals surface area contributed by atoms with Gasteiger partial charge in [0, 0.05) is 11.6 Å². The van der Waals surface area contributed by atoms with Crippen molar-refractivity contribution < 1.29 is 9.53 Å². The molecule has 0 aliphatic heterocycles. The minimum Gasteiger partial charge on any atom is -0.449 e. The molecule has 4 heteroatoms. The Morgan fingerprint density at radius 1 is 1.88 bits per heavy atom. The van der Waals surface area contributed by atoms with Gasteiger partial charge in [0.2, 0.25) is 0 Å². The van der Waals surface area contributed by atoms with Crippen molar-refractivity contribution in [3.8, 4) is 0 Å². The van der Waals surface area contributed by atoms with Crippen LogP contribution in [-0.4, -0.2) is 24.0 Å². The van der Waals surface area contributed by atoms with Crippen molar-refractivity contribution in [2.24, 2.45) is 0 Å². The Balaban J connectivity index is 2.82. The van der Waals surface area contributed by atoms with Crippen molar-refractivity contribution in [3.05, 3.63) is 0 Å². The lowest BCUT2D eigenvalue weighted by Crippen LogP contribution is -2.01. The van der Waals surface area contributed by atoms with E-state index in [0.717, 1.165) is 5.75 Å². The number of rotatable bonds is 3. The average molecular weight is 156 g/mol. The van der Waals surface area contributed by atoms with Crippen molar-refractivity contribution in [1.29, 1.82) is 0 Å². The molecule has 0 fully saturated rings. The second-order valence-corrected chi connectivity index (χ2v) is 2.51. The summed E-state index contributed by atoms with van der Waals surface area (Å²) in [6.07, 6.45) is 1.99. The molecule has 0 heterocycles. The van der Waals surface area contributed by atoms with Crippen LogP contribution in [-0.2, 0) is 16.5 Å². The van der Waals surface area contributed by atoms with E-state index in [1.54, 1.807) is 0 Å². The van der Waals surface area contributed by atoms with Gasteiger partial charge >= 0.3 is 5.43 Å². The van der Waals surface area contributed by atoms with Crippen molar-refractivity contribution in [2.75, 3.05) is 18.6 Å². The van der Waals surface area contributed by atoms with E-state index >= 15 is 0 Å². The van der Waals surface area contributed by atoms with Gasteiger partial charge in [-0.25, -0.2) is 4.79 Å². The maximum atomic E-state index is 9.86. The fraction of sp³-hybridized carbons (Fsp3) is 0.750. The molecule has 0 atom stereocenters. The van der Waals surface area contributed by atoms with E-state index in [4.69, 9.17) is 11.6 Å². The van der Waals surface area contributed by atoms with Gasteiger partial charge in [0.1, 0.15) is 12.4 Å². The van der Waals surface area contributed by atoms with Crippen LogP contribution in [0.5, 0.6) is 0 Å². The first-order valence-corrected chi connectivity index (χ1v) is 4.05. The molecule has 0 rings (SSSR count). The minimum absolute atomic E-state index is 0.431. The molecule has 0 N–H and O–H groups in total. The van der Waals surface area contributed by atoms with Crippen LogP contribution in [0.15, 0.2) is 0 Å². The summed E-state index contributed by atoms with van der Waals surface area (Å²) in [6, 6.07) is 0. The third-order valence-electron chi connectivity index (χ3n) is 0.530. The lowest BCUT2D eigenvalue weighted by Gasteiger charge is -1.90. The predicted octanol–water partition coefficient (Wildman–Crippen LogP) is 0.806. The van der Waals surface area contributed by atoms with Gasteiger partial charge in [-0.05, 0) is 11.8 Å². The molecule has 0 aromatic rings. The summed E-state index contributed by atoms with van der Waals surface area (Å²) >= 11 is 6.06. The van der Waals surface area contributed by atoms with Gasteiger partial charge < -0.3 is 4.74 Å². The average Bonchev–Trinajstić information content (AvgIpc) is 1.66. The standard InChI is InChI=1S/C4H7ClO2S/c1-8-3-2-7-4(5)6/h2-3H2,1H3/p+1. The molecular formula is C4H8ClO2S+. The maximum Gasteiger partial charge on any atom is 0.403 e. The fourth-order valence-electron chi connectivity index (χ4n) is 0.217. The summed E-state index contributed by atoms with van der Waals surface area (Å²) < 4.78 is 4.40. The molecule has 0 amide bonds. The molecular weight excluding hydrogens is 148 g/mol. The van der Waals surface area contributed by atoms with E-state index in [-0.39, 0.29) is 0 Å². The summed E-state index contributed by atoms with van der Waals surface area (Å²) in [5.74, 6) is 0.860. The Bertz CT molecular complexity index is 76.4. The first kappa shape index (κ1) is 8.11. The molecule has 0 saturated carbocycles. The smallest absolute Gasteiger partial charge is 0.403 e. The summed E-state index contributed by atoms with van der Waals surface area (Å²) in [7, 11) is 0. The zero-order valence-corrected chi connectivity index (χ0v) is 6.21. The topological polar surface area (TPSA) is 26.3 Å². The molecule has 0 saturated heterocycles. The lowest BCUT2D eigenvalue weighted by atomic mass is 10.9. The van der Waals surface area contributed by atoms with Crippen molar-refractivity contribution in [3.63, 3.8) is 0 Å². The molecule has 8 heavy (non-hydrogen) atoms. The van der Waals surface area contributed by atoms with Crippen LogP contribution >= 0.6 is 11.6 Å². The molecule has 0 aromatic heterocycles. The number of ether oxygens (including phenoxy) is 1. The fourth-order valence-corrected chi connectivity index (χ4v) is 0.568. The van der Waals surface area contributed by atoms with Gasteiger partial charge in [0.15, 0.2) is 0 Å². The van der Waals surface area contributed by atoms with Crippen LogP contribution in [0.1, 0.15) is 0 Å². The van der Waals surface area contributed by atoms with Crippen LogP contribution < -0.4 is 0 Å². The van der Waals surface area contributed by atoms with E-state index in [1.807, 2.05) is 6.26 Å². The number of halogens is 1. The Labute approximate surface area is 57.5 Å². The molecule has 0 radical (unpaired) electrons. The molecule has 0 aromatic carbocycles. The second-order valence-electron chi connectivity index (χ2n) is 1.13. The number of carbonyl (C=O) groups excluding carboxylic acids is 1. The summed E-state index contributed by atoms with van der Waals surface area (Å²) in [5, 5.41) is 0. The molecule has 0 aliphatic carbocycles. The van der Waals surface area contributed by atoms with Gasteiger partial charge in [-0.15, -0.1) is 0 Å². The van der Waals surface area contributed by atoms with E-state index in [2.05, 4.69) is 4.74 Å². The first-order chi connectivity index (χ1) is 3.77. The monoisotopic (exact) mass is 155 g/mol. The number of hydrogen-bond donors (Lipinski definition) is 0. The van der Waals surface area contributed by atoms with Gasteiger partial charge in [0.25, 0.3) is 0 Å². The summed E-state index contributed by atoms with van der Waals surface area (Å²) in [4.78, 5) is 9.86. The van der Waals surface area contributed by atoms with E-state index in [0.29, 0.717) is 6.61 Å². The van der Waals surface area contributed by atoms with Crippen LogP contribution in [0.3, 0.4) is 0 Å². The summed E-state index contributed by atoms with van der Waals surface area (Å²) in [6.45, 7) is 0.431. The number of hydrogen-bond acceptors (Lipinski definition) is 2. The molecule has 0 spiro atoms. The SMILES string of the molecule is C[SH+]CCOC(=O)Cl. The zero-order valence-electron chi connectivity index (χ0n) is 4.56. The quantitative estimate of drug-likeness (QED) is 0.261. The Morgan fingerprint density at radius 2 is 2.50 bits per heavy atom. The molecule has 2 nitrogen and oxygen atoms in total. The lowest BCUT2D eigenvalue weighted by molar-refractivity contribution is 0.181. The van der Waals surface area contributed by atoms with Crippen molar-refractivity contribution >= 4 is 28.8 Å². The third-order valence-corrected chi connectivity index (χ3v) is 1.27. The van der Waals surface area contributed by atoms with Crippen LogP contribution in [0.2, 0.25) is 0 Å². The van der Waals surface area contributed by atoms with Crippen LogP contribution in [0, 0.1) is 0 Å². The Morgan fingerprint density at radius 3 is 2.88 bits per heavy atom. The van der Waals surface area contributed by atoms with E-state index in [9.17, 15) is 4.79 Å². The predicted molar refractivity (Wildman–Crippen MR) is 36.8 cm³/mol. The van der Waals surface area contributed by atoms with Crippen LogP contribution in [0.25, 0.3) is 0 Å². The summed E-state index contributed by atoms with van der Waals surface area (Å²) in [5.41, 5.74) is -0.714. The van der Waals surface area contributed by atoms with Gasteiger partial charge in [-0.2, -0.15) is 0 Å². The first-order valence-electron chi connectivity index (χ1n) is 2.15. The highest BCUT2D eigenvalue weighted by Crippen LogP contribution is 1.85. The van der Waals surface area contributed by atoms with Crippen molar-refractivity contribution in [1.82, 2.24) is 0 Å². The van der Waals surface area contributed by atoms with Gasteiger partial charge in [-0.3, -0.25) is 0 Å². The highest BCUT2D eigenvalue weighted by atomic mass is 35.5. The molecule has 0 unspecified atom stereocenters. The third kappa shape index (κ3) is 6.11. The normalized spacial score (nSPS) is 8.75. The Kier molecular flexibility index (Phi) is 5.32. The van der Waals surface area contributed by atoms with Gasteiger partial charge in [-0.1, -0.05) is 0 Å². The Hall–Kier alpha value is 0.110. The van der Waals surface area contributed by atoms with E-state index in [1.165, 1.54) is 11.8 Å². The highest BCUT2D eigenvalue weighted by molar-refractivity contribution is 7.77. The number of carbonyl (C=O) groups is 1. The minimum atomic E-state index is -0.714. The van der Waals surface area contributed by atoms with E-state index < -0.39 is 5.43 Å². The molecule has 0 aliphatic rings. The largest absolute Gasteiger partial charge is 0.449 e. The molecule has 0 bridgehead atoms. The van der Waals surface area contributed by atoms with Crippen LogP contribution in [0.4, 0.5) is 4.79 Å². The zero-order chi connectivity index (χ0) is 6.41.